The maximum atomic E-state index is 13.1. The van der Waals surface area contributed by atoms with Crippen molar-refractivity contribution in [2.45, 2.75) is 49.9 Å². The van der Waals surface area contributed by atoms with Crippen molar-refractivity contribution < 1.29 is 34.2 Å². The Morgan fingerprint density at radius 3 is 2.18 bits per heavy atom. The Hall–Kier alpha value is -3.23. The number of aromatic amines is 1. The fraction of sp³-hybridized carbons (Fsp3) is 0.458. The maximum Gasteiger partial charge on any atom is 0.326 e. The predicted octanol–water partition coefficient (Wildman–Crippen LogP) is 0.124. The molecular weight excluding hydrogens is 534 g/mol. The number of carboxylic acid groups (broad SMARTS) is 2. The number of thiol groups is 1. The zero-order valence-electron chi connectivity index (χ0n) is 20.8. The Kier molecular flexibility index (Phi) is 12.4. The quantitative estimate of drug-likeness (QED) is 0.130. The standard InChI is InChI=1S/C24H33N5O7S2/c1-38-9-8-18(27-21(32)15(25)12-37)23(34)28-17(6-7-20(30)31)22(33)29-19(24(35)36)10-13-11-26-16-5-3-2-4-14(13)16/h2-5,11,15,17-19,26,37H,6-10,12,25H2,1H3,(H,27,32)(H,28,34)(H,29,33)(H,30,31)(H,35,36). The number of hydrogen-bond donors (Lipinski definition) is 8. The molecule has 0 radical (unpaired) electrons. The number of H-pyrrole nitrogens is 1. The molecule has 4 atom stereocenters. The van der Waals surface area contributed by atoms with E-state index in [9.17, 15) is 29.1 Å². The van der Waals surface area contributed by atoms with Crippen LogP contribution in [0, 0.1) is 0 Å². The zero-order chi connectivity index (χ0) is 28.2. The molecule has 14 heteroatoms. The minimum atomic E-state index is -1.35. The summed E-state index contributed by atoms with van der Waals surface area (Å²) in [5.41, 5.74) is 7.16. The second-order valence-corrected chi connectivity index (χ2v) is 9.94. The highest BCUT2D eigenvalue weighted by atomic mass is 32.2. The number of rotatable bonds is 16. The second-order valence-electron chi connectivity index (χ2n) is 8.59. The first-order valence-electron chi connectivity index (χ1n) is 11.8. The van der Waals surface area contributed by atoms with Gasteiger partial charge in [0.1, 0.15) is 18.1 Å². The number of benzene rings is 1. The van der Waals surface area contributed by atoms with E-state index in [4.69, 9.17) is 10.8 Å². The molecule has 4 unspecified atom stereocenters. The summed E-state index contributed by atoms with van der Waals surface area (Å²) in [4.78, 5) is 64.6. The number of hydrogen-bond acceptors (Lipinski definition) is 8. The Morgan fingerprint density at radius 2 is 1.58 bits per heavy atom. The number of para-hydroxylation sites is 1. The molecule has 3 amide bonds. The van der Waals surface area contributed by atoms with Crippen LogP contribution in [0.5, 0.6) is 0 Å². The third-order valence-corrected chi connectivity index (χ3v) is 6.81. The molecule has 0 aliphatic rings. The fourth-order valence-corrected chi connectivity index (χ4v) is 4.31. The molecule has 12 nitrogen and oxygen atoms in total. The number of fused-ring (bicyclic) bond motifs is 1. The van der Waals surface area contributed by atoms with Gasteiger partial charge in [-0.25, -0.2) is 4.79 Å². The summed E-state index contributed by atoms with van der Waals surface area (Å²) in [6.45, 7) is 0. The summed E-state index contributed by atoms with van der Waals surface area (Å²) in [6.07, 6.45) is 2.92. The topological polar surface area (TPSA) is 204 Å². The lowest BCUT2D eigenvalue weighted by molar-refractivity contribution is -0.143. The van der Waals surface area contributed by atoms with Crippen LogP contribution in [0.1, 0.15) is 24.8 Å². The number of thioether (sulfide) groups is 1. The third kappa shape index (κ3) is 9.26. The number of aliphatic carboxylic acids is 2. The van der Waals surface area contributed by atoms with Gasteiger partial charge >= 0.3 is 11.9 Å². The molecule has 8 N–H and O–H groups in total. The van der Waals surface area contributed by atoms with E-state index in [0.717, 1.165) is 10.9 Å². The highest BCUT2D eigenvalue weighted by molar-refractivity contribution is 7.98. The monoisotopic (exact) mass is 567 g/mol. The van der Waals surface area contributed by atoms with Gasteiger partial charge in [0, 0.05) is 35.7 Å². The molecule has 1 aromatic heterocycles. The Balaban J connectivity index is 2.19. The highest BCUT2D eigenvalue weighted by Gasteiger charge is 2.30. The Bertz CT molecular complexity index is 1140. The Labute approximate surface area is 229 Å². The largest absolute Gasteiger partial charge is 0.481 e. The smallest absolute Gasteiger partial charge is 0.326 e. The van der Waals surface area contributed by atoms with Crippen molar-refractivity contribution in [3.63, 3.8) is 0 Å². The van der Waals surface area contributed by atoms with E-state index in [0.29, 0.717) is 11.3 Å². The van der Waals surface area contributed by atoms with Crippen LogP contribution in [0.4, 0.5) is 0 Å². The van der Waals surface area contributed by atoms with Crippen molar-refractivity contribution in [1.82, 2.24) is 20.9 Å². The first kappa shape index (κ1) is 31.0. The van der Waals surface area contributed by atoms with Gasteiger partial charge in [0.05, 0.1) is 6.04 Å². The van der Waals surface area contributed by atoms with Gasteiger partial charge in [-0.2, -0.15) is 24.4 Å². The molecule has 38 heavy (non-hydrogen) atoms. The van der Waals surface area contributed by atoms with Gasteiger partial charge in [-0.15, -0.1) is 0 Å². The fourth-order valence-electron chi connectivity index (χ4n) is 3.67. The molecule has 208 valence electrons. The lowest BCUT2D eigenvalue weighted by Crippen LogP contribution is -2.57. The normalized spacial score (nSPS) is 14.2. The maximum absolute atomic E-state index is 13.1. The molecule has 0 aliphatic carbocycles. The van der Waals surface area contributed by atoms with E-state index in [1.54, 1.807) is 12.3 Å². The molecule has 1 heterocycles. The summed E-state index contributed by atoms with van der Waals surface area (Å²) >= 11 is 5.42. The van der Waals surface area contributed by atoms with Crippen molar-refractivity contribution >= 4 is 65.0 Å². The highest BCUT2D eigenvalue weighted by Crippen LogP contribution is 2.19. The number of nitrogens with one attached hydrogen (secondary N) is 4. The average Bonchev–Trinajstić information content (AvgIpc) is 3.30. The van der Waals surface area contributed by atoms with Crippen LogP contribution in [-0.2, 0) is 30.4 Å². The lowest BCUT2D eigenvalue weighted by Gasteiger charge is -2.25. The number of carbonyl (C=O) groups is 5. The van der Waals surface area contributed by atoms with Gasteiger partial charge in [0.15, 0.2) is 0 Å². The van der Waals surface area contributed by atoms with Crippen LogP contribution in [0.3, 0.4) is 0 Å². The predicted molar refractivity (Wildman–Crippen MR) is 147 cm³/mol. The molecule has 1 aromatic carbocycles. The molecule has 0 bridgehead atoms. The van der Waals surface area contributed by atoms with Crippen LogP contribution in [0.25, 0.3) is 10.9 Å². The van der Waals surface area contributed by atoms with Crippen LogP contribution in [0.15, 0.2) is 30.5 Å². The first-order valence-corrected chi connectivity index (χ1v) is 13.9. The van der Waals surface area contributed by atoms with Crippen molar-refractivity contribution in [2.75, 3.05) is 17.8 Å². The van der Waals surface area contributed by atoms with Gasteiger partial charge in [-0.05, 0) is 36.5 Å². The molecule has 0 fully saturated rings. The third-order valence-electron chi connectivity index (χ3n) is 5.77. The molecule has 0 saturated carbocycles. The summed E-state index contributed by atoms with van der Waals surface area (Å²) in [6, 6.07) is 2.61. The van der Waals surface area contributed by atoms with E-state index in [1.165, 1.54) is 11.8 Å². The number of nitrogens with two attached hydrogens (primary N) is 1. The number of carboxylic acids is 2. The van der Waals surface area contributed by atoms with Crippen molar-refractivity contribution in [3.05, 3.63) is 36.0 Å². The SMILES string of the molecule is CSCCC(NC(=O)C(N)CS)C(=O)NC(CCC(=O)O)C(=O)NC(Cc1c[nH]c2ccccc12)C(=O)O. The van der Waals surface area contributed by atoms with E-state index < -0.39 is 60.2 Å². The molecule has 0 aliphatic heterocycles. The molecular formula is C24H33N5O7S2. The van der Waals surface area contributed by atoms with Crippen molar-refractivity contribution in [2.24, 2.45) is 5.73 Å². The van der Waals surface area contributed by atoms with Crippen LogP contribution in [-0.4, -0.2) is 86.8 Å². The van der Waals surface area contributed by atoms with Gasteiger partial charge in [0.25, 0.3) is 0 Å². The zero-order valence-corrected chi connectivity index (χ0v) is 22.5. The number of carbonyl (C=O) groups excluding carboxylic acids is 3. The van der Waals surface area contributed by atoms with Gasteiger partial charge in [-0.1, -0.05) is 18.2 Å². The van der Waals surface area contributed by atoms with Crippen LogP contribution >= 0.6 is 24.4 Å². The second kappa shape index (κ2) is 15.2. The number of amides is 3. The Morgan fingerprint density at radius 1 is 0.974 bits per heavy atom. The average molecular weight is 568 g/mol. The first-order chi connectivity index (χ1) is 18.1. The van der Waals surface area contributed by atoms with Crippen LogP contribution in [0.2, 0.25) is 0 Å². The number of aromatic nitrogens is 1. The summed E-state index contributed by atoms with van der Waals surface area (Å²) < 4.78 is 0. The summed E-state index contributed by atoms with van der Waals surface area (Å²) in [5.74, 6) is -4.10. The minimum absolute atomic E-state index is 0.0430. The molecule has 2 rings (SSSR count). The van der Waals surface area contributed by atoms with Crippen molar-refractivity contribution in [1.29, 1.82) is 0 Å². The molecule has 0 spiro atoms. The lowest BCUT2D eigenvalue weighted by atomic mass is 10.0. The van der Waals surface area contributed by atoms with E-state index in [2.05, 4.69) is 33.6 Å². The summed E-state index contributed by atoms with van der Waals surface area (Å²) in [5, 5.41) is 27.1. The van der Waals surface area contributed by atoms with Crippen molar-refractivity contribution in [3.8, 4) is 0 Å². The molecule has 0 saturated heterocycles. The van der Waals surface area contributed by atoms with Crippen LogP contribution < -0.4 is 21.7 Å². The minimum Gasteiger partial charge on any atom is -0.481 e. The van der Waals surface area contributed by atoms with E-state index >= 15 is 0 Å². The van der Waals surface area contributed by atoms with Gasteiger partial charge < -0.3 is 36.9 Å². The van der Waals surface area contributed by atoms with E-state index in [-0.39, 0.29) is 25.0 Å². The van der Waals surface area contributed by atoms with Gasteiger partial charge in [0.2, 0.25) is 17.7 Å². The van der Waals surface area contributed by atoms with Gasteiger partial charge in [-0.3, -0.25) is 19.2 Å². The summed E-state index contributed by atoms with van der Waals surface area (Å²) in [7, 11) is 0. The molecule has 2 aromatic rings. The van der Waals surface area contributed by atoms with E-state index in [1.807, 2.05) is 24.5 Å².